The number of nitrogens with zero attached hydrogens (tertiary/aromatic N) is 5. The highest BCUT2D eigenvalue weighted by molar-refractivity contribution is 6.24. The van der Waals surface area contributed by atoms with E-state index in [0.717, 1.165) is 19.6 Å². The van der Waals surface area contributed by atoms with Gasteiger partial charge in [-0.3, -0.25) is 62.8 Å². The van der Waals surface area contributed by atoms with Gasteiger partial charge in [0.05, 0.1) is 56.1 Å². The Labute approximate surface area is 343 Å². The van der Waals surface area contributed by atoms with Crippen LogP contribution in [-0.2, 0) is 9.63 Å². The number of Topliss-reactive ketones (excluding diaryl/α,β-unsaturated/α-hetero) is 1. The fraction of sp³-hybridized carbons (Fsp3) is 0.200. The zero-order chi connectivity index (χ0) is 42.8. The largest absolute Gasteiger partial charge is 0.304 e. The number of benzene rings is 4. The maximum absolute atomic E-state index is 12.8. The molecule has 8 amide bonds. The van der Waals surface area contributed by atoms with Crippen LogP contribution in [0.2, 0.25) is 0 Å². The molecule has 4 aliphatic rings. The number of carbonyl (C=O) groups excluding carboxylic acids is 9. The third kappa shape index (κ3) is 7.26. The van der Waals surface area contributed by atoms with Gasteiger partial charge < -0.3 is 4.84 Å². The molecule has 60 heavy (non-hydrogen) atoms. The van der Waals surface area contributed by atoms with Crippen molar-refractivity contribution < 1.29 is 48.0 Å². The van der Waals surface area contributed by atoms with Crippen LogP contribution in [0.3, 0.4) is 0 Å². The van der Waals surface area contributed by atoms with E-state index < -0.39 is 59.1 Å². The van der Waals surface area contributed by atoms with Crippen LogP contribution in [0, 0.1) is 23.9 Å². The summed E-state index contributed by atoms with van der Waals surface area (Å²) in [4.78, 5) is 123. The first-order valence-corrected chi connectivity index (χ1v) is 18.8. The van der Waals surface area contributed by atoms with Crippen LogP contribution in [0.15, 0.2) is 102 Å². The SMILES string of the molecule is CC#CO/N=C(\C)C(CN1C(=O)c2ccccc2C1=O)CN1C(=O)c2ccccc2C1=O.CC(=O)C(CN1C(=O)c2ccccc2C1=O)CN1C(=O)c2ccccc2C1=O. The van der Waals surface area contributed by atoms with Crippen molar-refractivity contribution in [2.45, 2.75) is 20.8 Å². The Morgan fingerprint density at radius 2 is 0.700 bits per heavy atom. The van der Waals surface area contributed by atoms with Gasteiger partial charge in [-0.05, 0) is 62.4 Å². The zero-order valence-corrected chi connectivity index (χ0v) is 32.5. The quantitative estimate of drug-likeness (QED) is 0.0913. The van der Waals surface area contributed by atoms with E-state index in [1.165, 1.54) is 6.92 Å². The zero-order valence-electron chi connectivity index (χ0n) is 32.5. The van der Waals surface area contributed by atoms with E-state index in [0.29, 0.717) is 28.0 Å². The van der Waals surface area contributed by atoms with Gasteiger partial charge in [-0.1, -0.05) is 59.6 Å². The predicted molar refractivity (Wildman–Crippen MR) is 213 cm³/mol. The molecule has 0 bridgehead atoms. The molecule has 0 unspecified atom stereocenters. The van der Waals surface area contributed by atoms with Crippen LogP contribution < -0.4 is 0 Å². The summed E-state index contributed by atoms with van der Waals surface area (Å²) in [6.45, 7) is 4.03. The second-order valence-corrected chi connectivity index (χ2v) is 14.2. The van der Waals surface area contributed by atoms with Crippen molar-refractivity contribution in [3.05, 3.63) is 142 Å². The lowest BCUT2D eigenvalue weighted by Gasteiger charge is -2.25. The molecule has 0 saturated heterocycles. The summed E-state index contributed by atoms with van der Waals surface area (Å²) in [5, 5.41) is 3.94. The number of oxime groups is 1. The Bertz CT molecular complexity index is 2360. The van der Waals surface area contributed by atoms with Gasteiger partial charge in [-0.15, -0.1) is 0 Å². The Hall–Kier alpha value is -7.86. The molecule has 4 aliphatic heterocycles. The number of rotatable bonds is 11. The molecule has 0 radical (unpaired) electrons. The van der Waals surface area contributed by atoms with Crippen LogP contribution in [-0.4, -0.2) is 105 Å². The molecular formula is C45H35N5O10. The number of fused-ring (bicyclic) bond motifs is 4. The van der Waals surface area contributed by atoms with Crippen molar-refractivity contribution >= 4 is 58.8 Å². The lowest BCUT2D eigenvalue weighted by Crippen LogP contribution is -2.44. The minimum absolute atomic E-state index is 0.0714. The Morgan fingerprint density at radius 1 is 0.467 bits per heavy atom. The van der Waals surface area contributed by atoms with Crippen molar-refractivity contribution in [3.8, 4) is 12.0 Å². The summed E-state index contributed by atoms with van der Waals surface area (Å²) in [7, 11) is 0. The molecule has 0 aromatic heterocycles. The smallest absolute Gasteiger partial charge is 0.261 e. The normalized spacial score (nSPS) is 15.3. The van der Waals surface area contributed by atoms with Crippen molar-refractivity contribution in [1.82, 2.24) is 19.6 Å². The molecule has 15 nitrogen and oxygen atoms in total. The Morgan fingerprint density at radius 3 is 0.917 bits per heavy atom. The second-order valence-electron chi connectivity index (χ2n) is 14.2. The van der Waals surface area contributed by atoms with E-state index in [1.807, 2.05) is 0 Å². The summed E-state index contributed by atoms with van der Waals surface area (Å²) in [6.07, 6.45) is 2.35. The molecule has 0 saturated carbocycles. The maximum Gasteiger partial charge on any atom is 0.261 e. The van der Waals surface area contributed by atoms with Gasteiger partial charge in [-0.2, -0.15) is 0 Å². The summed E-state index contributed by atoms with van der Waals surface area (Å²) >= 11 is 0. The number of carbonyl (C=O) groups is 9. The van der Waals surface area contributed by atoms with E-state index in [4.69, 9.17) is 4.84 Å². The molecule has 4 aromatic carbocycles. The average molecular weight is 806 g/mol. The van der Waals surface area contributed by atoms with Gasteiger partial charge >= 0.3 is 0 Å². The van der Waals surface area contributed by atoms with Crippen LogP contribution >= 0.6 is 0 Å². The first-order valence-electron chi connectivity index (χ1n) is 18.8. The first kappa shape index (κ1) is 40.3. The Kier molecular flexibility index (Phi) is 11.1. The van der Waals surface area contributed by atoms with Gasteiger partial charge in [0.2, 0.25) is 0 Å². The third-order valence-corrected chi connectivity index (χ3v) is 10.6. The topological polar surface area (TPSA) is 188 Å². The van der Waals surface area contributed by atoms with Gasteiger partial charge in [-0.25, -0.2) is 0 Å². The van der Waals surface area contributed by atoms with Crippen molar-refractivity contribution in [1.29, 1.82) is 0 Å². The monoisotopic (exact) mass is 805 g/mol. The number of imide groups is 4. The van der Waals surface area contributed by atoms with Gasteiger partial charge in [0.15, 0.2) is 0 Å². The van der Waals surface area contributed by atoms with E-state index in [-0.39, 0.29) is 54.2 Å². The molecular weight excluding hydrogens is 771 g/mol. The van der Waals surface area contributed by atoms with Crippen LogP contribution in [0.25, 0.3) is 0 Å². The Balaban J connectivity index is 0.000000183. The first-order chi connectivity index (χ1) is 28.8. The minimum Gasteiger partial charge on any atom is -0.304 e. The van der Waals surface area contributed by atoms with Gasteiger partial charge in [0.25, 0.3) is 47.3 Å². The molecule has 4 heterocycles. The lowest BCUT2D eigenvalue weighted by atomic mass is 10.0. The molecule has 0 fully saturated rings. The van der Waals surface area contributed by atoms with Crippen LogP contribution in [0.1, 0.15) is 104 Å². The summed E-state index contributed by atoms with van der Waals surface area (Å²) < 4.78 is 0. The summed E-state index contributed by atoms with van der Waals surface area (Å²) in [5.74, 6) is -2.90. The molecule has 15 heteroatoms. The van der Waals surface area contributed by atoms with E-state index in [1.54, 1.807) is 111 Å². The van der Waals surface area contributed by atoms with Gasteiger partial charge in [0.1, 0.15) is 11.9 Å². The lowest BCUT2D eigenvalue weighted by molar-refractivity contribution is -0.121. The van der Waals surface area contributed by atoms with Crippen LogP contribution in [0.4, 0.5) is 0 Å². The molecule has 0 N–H and O–H groups in total. The number of amides is 8. The molecule has 0 atom stereocenters. The summed E-state index contributed by atoms with van der Waals surface area (Å²) in [6, 6.07) is 26.0. The number of ketones is 1. The molecule has 300 valence electrons. The van der Waals surface area contributed by atoms with E-state index in [9.17, 15) is 43.2 Å². The molecule has 0 aliphatic carbocycles. The van der Waals surface area contributed by atoms with Crippen molar-refractivity contribution in [2.75, 3.05) is 26.2 Å². The van der Waals surface area contributed by atoms with Gasteiger partial charge in [0, 0.05) is 39.0 Å². The molecule has 8 rings (SSSR count). The third-order valence-electron chi connectivity index (χ3n) is 10.6. The highest BCUT2D eigenvalue weighted by Crippen LogP contribution is 2.29. The highest BCUT2D eigenvalue weighted by atomic mass is 16.6. The fourth-order valence-corrected chi connectivity index (χ4v) is 7.35. The standard InChI is InChI=1S/C24H19N3O5.C21H16N2O5/c1-3-12-32-25-15(2)16(13-26-21(28)17-8-4-5-9-18(17)22(26)29)14-27-23(30)19-10-6-7-11-20(19)24(27)31;1-12(24)13(10-22-18(25)14-6-2-3-7-15(14)19(22)26)11-23-20(27)16-8-4-5-9-17(16)21(23)28/h4-11,16H,13-14H2,1-2H3;2-9,13H,10-11H2,1H3/b25-15+;. The number of hydrogen-bond donors (Lipinski definition) is 0. The van der Waals surface area contributed by atoms with Crippen molar-refractivity contribution in [3.63, 3.8) is 0 Å². The fourth-order valence-electron chi connectivity index (χ4n) is 7.35. The van der Waals surface area contributed by atoms with Crippen LogP contribution in [0.5, 0.6) is 0 Å². The predicted octanol–water partition coefficient (Wildman–Crippen LogP) is 4.35. The van der Waals surface area contributed by atoms with E-state index >= 15 is 0 Å². The van der Waals surface area contributed by atoms with Crippen molar-refractivity contribution in [2.24, 2.45) is 17.0 Å². The summed E-state index contributed by atoms with van der Waals surface area (Å²) in [5.41, 5.74) is 2.82. The number of hydrogen-bond acceptors (Lipinski definition) is 11. The van der Waals surface area contributed by atoms with E-state index in [2.05, 4.69) is 17.2 Å². The average Bonchev–Trinajstić information content (AvgIpc) is 3.84. The molecule has 4 aromatic rings. The molecule has 0 spiro atoms. The minimum atomic E-state index is -0.857. The highest BCUT2D eigenvalue weighted by Gasteiger charge is 2.43. The second kappa shape index (κ2) is 16.5. The maximum atomic E-state index is 12.8.